The first-order valence-corrected chi connectivity index (χ1v) is 8.16. The molecule has 0 aliphatic carbocycles. The second-order valence-electron chi connectivity index (χ2n) is 6.24. The molecule has 0 amide bonds. The van der Waals surface area contributed by atoms with Gasteiger partial charge in [0.15, 0.2) is 0 Å². The zero-order valence-electron chi connectivity index (χ0n) is 13.8. The zero-order valence-corrected chi connectivity index (χ0v) is 13.8. The molecular formula is C18H29NO2. The van der Waals surface area contributed by atoms with E-state index in [0.29, 0.717) is 24.1 Å². The van der Waals surface area contributed by atoms with Gasteiger partial charge in [-0.1, -0.05) is 39.0 Å². The number of benzene rings is 1. The Balaban J connectivity index is 2.05. The second-order valence-corrected chi connectivity index (χ2v) is 6.24. The highest BCUT2D eigenvalue weighted by atomic mass is 16.5. The number of nitrogens with one attached hydrogen (secondary N) is 1. The van der Waals surface area contributed by atoms with Gasteiger partial charge in [0.1, 0.15) is 5.75 Å². The number of para-hydroxylation sites is 1. The van der Waals surface area contributed by atoms with Crippen LogP contribution in [-0.4, -0.2) is 25.9 Å². The van der Waals surface area contributed by atoms with Gasteiger partial charge < -0.3 is 14.8 Å². The van der Waals surface area contributed by atoms with Crippen LogP contribution in [0.4, 0.5) is 0 Å². The summed E-state index contributed by atoms with van der Waals surface area (Å²) in [5.41, 5.74) is 1.26. The fraction of sp³-hybridized carbons (Fsp3) is 0.667. The Kier molecular flexibility index (Phi) is 6.07. The SMILES string of the molecule is CCC(NC1CCOC(C(C)C)C1)c1ccccc1OC. The summed E-state index contributed by atoms with van der Waals surface area (Å²) in [6, 6.07) is 9.19. The highest BCUT2D eigenvalue weighted by Crippen LogP contribution is 2.29. The summed E-state index contributed by atoms with van der Waals surface area (Å²) < 4.78 is 11.4. The van der Waals surface area contributed by atoms with Crippen molar-refractivity contribution < 1.29 is 9.47 Å². The molecule has 118 valence electrons. The van der Waals surface area contributed by atoms with Crippen LogP contribution < -0.4 is 10.1 Å². The lowest BCUT2D eigenvalue weighted by atomic mass is 9.93. The Bertz CT molecular complexity index is 433. The van der Waals surface area contributed by atoms with E-state index in [4.69, 9.17) is 9.47 Å². The minimum absolute atomic E-state index is 0.345. The van der Waals surface area contributed by atoms with E-state index in [1.54, 1.807) is 7.11 Å². The molecule has 3 heteroatoms. The molecule has 0 radical (unpaired) electrons. The minimum Gasteiger partial charge on any atom is -0.496 e. The van der Waals surface area contributed by atoms with Crippen LogP contribution in [0.3, 0.4) is 0 Å². The maximum absolute atomic E-state index is 5.87. The van der Waals surface area contributed by atoms with E-state index in [9.17, 15) is 0 Å². The maximum Gasteiger partial charge on any atom is 0.123 e. The van der Waals surface area contributed by atoms with Crippen LogP contribution in [0.15, 0.2) is 24.3 Å². The van der Waals surface area contributed by atoms with Gasteiger partial charge in [0, 0.05) is 24.3 Å². The van der Waals surface area contributed by atoms with Gasteiger partial charge in [-0.15, -0.1) is 0 Å². The van der Waals surface area contributed by atoms with E-state index < -0.39 is 0 Å². The summed E-state index contributed by atoms with van der Waals surface area (Å²) in [5.74, 6) is 1.56. The van der Waals surface area contributed by atoms with Crippen LogP contribution in [0.1, 0.15) is 51.6 Å². The highest BCUT2D eigenvalue weighted by Gasteiger charge is 2.27. The first kappa shape index (κ1) is 16.3. The van der Waals surface area contributed by atoms with E-state index in [0.717, 1.165) is 31.6 Å². The van der Waals surface area contributed by atoms with Crippen molar-refractivity contribution >= 4 is 0 Å². The van der Waals surface area contributed by atoms with E-state index in [1.165, 1.54) is 5.56 Å². The lowest BCUT2D eigenvalue weighted by Crippen LogP contribution is -2.42. The maximum atomic E-state index is 5.87. The van der Waals surface area contributed by atoms with Crippen LogP contribution in [0.5, 0.6) is 5.75 Å². The summed E-state index contributed by atoms with van der Waals surface area (Å²) in [6.07, 6.45) is 3.63. The Morgan fingerprint density at radius 2 is 2.10 bits per heavy atom. The quantitative estimate of drug-likeness (QED) is 0.861. The Morgan fingerprint density at radius 3 is 2.76 bits per heavy atom. The normalized spacial score (nSPS) is 24.0. The van der Waals surface area contributed by atoms with Crippen molar-refractivity contribution in [3.05, 3.63) is 29.8 Å². The molecule has 1 aliphatic heterocycles. The molecule has 0 spiro atoms. The fourth-order valence-corrected chi connectivity index (χ4v) is 3.11. The molecule has 0 bridgehead atoms. The topological polar surface area (TPSA) is 30.5 Å². The summed E-state index contributed by atoms with van der Waals surface area (Å²) in [7, 11) is 1.74. The van der Waals surface area contributed by atoms with E-state index in [-0.39, 0.29) is 0 Å². The number of ether oxygens (including phenoxy) is 2. The molecule has 0 saturated carbocycles. The van der Waals surface area contributed by atoms with E-state index in [2.05, 4.69) is 38.2 Å². The molecule has 1 fully saturated rings. The molecule has 1 aromatic carbocycles. The molecule has 1 heterocycles. The van der Waals surface area contributed by atoms with Gasteiger partial charge in [-0.3, -0.25) is 0 Å². The van der Waals surface area contributed by atoms with Crippen molar-refractivity contribution in [3.8, 4) is 5.75 Å². The standard InChI is InChI=1S/C18H29NO2/c1-5-16(15-8-6-7-9-17(15)20-4)19-14-10-11-21-18(12-14)13(2)3/h6-9,13-14,16,18-19H,5,10-12H2,1-4H3. The number of rotatable bonds is 6. The number of hydrogen-bond donors (Lipinski definition) is 1. The van der Waals surface area contributed by atoms with Crippen LogP contribution in [0.2, 0.25) is 0 Å². The van der Waals surface area contributed by atoms with Gasteiger partial charge in [-0.25, -0.2) is 0 Å². The average Bonchev–Trinajstić information content (AvgIpc) is 2.52. The molecular weight excluding hydrogens is 262 g/mol. The molecule has 1 aromatic rings. The van der Waals surface area contributed by atoms with Crippen LogP contribution in [0.25, 0.3) is 0 Å². The minimum atomic E-state index is 0.345. The van der Waals surface area contributed by atoms with Gasteiger partial charge >= 0.3 is 0 Å². The monoisotopic (exact) mass is 291 g/mol. The molecule has 21 heavy (non-hydrogen) atoms. The highest BCUT2D eigenvalue weighted by molar-refractivity contribution is 5.35. The van der Waals surface area contributed by atoms with Crippen LogP contribution in [0, 0.1) is 5.92 Å². The molecule has 3 unspecified atom stereocenters. The largest absolute Gasteiger partial charge is 0.496 e. The van der Waals surface area contributed by atoms with Crippen molar-refractivity contribution in [2.45, 2.75) is 58.2 Å². The third-order valence-electron chi connectivity index (χ3n) is 4.42. The lowest BCUT2D eigenvalue weighted by Gasteiger charge is -2.35. The second kappa shape index (κ2) is 7.81. The smallest absolute Gasteiger partial charge is 0.123 e. The number of hydrogen-bond acceptors (Lipinski definition) is 3. The van der Waals surface area contributed by atoms with Crippen molar-refractivity contribution in [2.75, 3.05) is 13.7 Å². The molecule has 3 atom stereocenters. The Morgan fingerprint density at radius 1 is 1.33 bits per heavy atom. The zero-order chi connectivity index (χ0) is 15.2. The van der Waals surface area contributed by atoms with Gasteiger partial charge in [0.25, 0.3) is 0 Å². The predicted molar refractivity (Wildman–Crippen MR) is 86.8 cm³/mol. The number of methoxy groups -OCH3 is 1. The van der Waals surface area contributed by atoms with Gasteiger partial charge in [-0.2, -0.15) is 0 Å². The first-order valence-electron chi connectivity index (χ1n) is 8.16. The summed E-state index contributed by atoms with van der Waals surface area (Å²) in [4.78, 5) is 0. The van der Waals surface area contributed by atoms with Crippen molar-refractivity contribution in [1.29, 1.82) is 0 Å². The first-order chi connectivity index (χ1) is 10.2. The van der Waals surface area contributed by atoms with Crippen molar-refractivity contribution in [3.63, 3.8) is 0 Å². The summed E-state index contributed by atoms with van der Waals surface area (Å²) in [6.45, 7) is 7.57. The Hall–Kier alpha value is -1.06. The van der Waals surface area contributed by atoms with Gasteiger partial charge in [0.05, 0.1) is 13.2 Å². The molecule has 2 rings (SSSR count). The fourth-order valence-electron chi connectivity index (χ4n) is 3.11. The third kappa shape index (κ3) is 4.21. The summed E-state index contributed by atoms with van der Waals surface area (Å²) >= 11 is 0. The van der Waals surface area contributed by atoms with Gasteiger partial charge in [0.2, 0.25) is 0 Å². The van der Waals surface area contributed by atoms with Gasteiger partial charge in [-0.05, 0) is 31.2 Å². The van der Waals surface area contributed by atoms with Crippen molar-refractivity contribution in [1.82, 2.24) is 5.32 Å². The average molecular weight is 291 g/mol. The molecule has 1 saturated heterocycles. The van der Waals surface area contributed by atoms with Crippen LogP contribution >= 0.6 is 0 Å². The lowest BCUT2D eigenvalue weighted by molar-refractivity contribution is -0.0260. The summed E-state index contributed by atoms with van der Waals surface area (Å²) in [5, 5.41) is 3.82. The van der Waals surface area contributed by atoms with E-state index in [1.807, 2.05) is 12.1 Å². The molecule has 3 nitrogen and oxygen atoms in total. The molecule has 1 N–H and O–H groups in total. The third-order valence-corrected chi connectivity index (χ3v) is 4.42. The molecule has 0 aromatic heterocycles. The van der Waals surface area contributed by atoms with Crippen LogP contribution in [-0.2, 0) is 4.74 Å². The van der Waals surface area contributed by atoms with Crippen molar-refractivity contribution in [2.24, 2.45) is 5.92 Å². The molecule has 1 aliphatic rings. The van der Waals surface area contributed by atoms with E-state index >= 15 is 0 Å². The Labute approximate surface area is 129 Å². The predicted octanol–water partition coefficient (Wildman–Crippen LogP) is 3.94.